The molecule has 5 nitrogen and oxygen atoms in total. The molecule has 0 N–H and O–H groups in total. The maximum atomic E-state index is 10.5. The van der Waals surface area contributed by atoms with Gasteiger partial charge in [0.15, 0.2) is 0 Å². The minimum atomic E-state index is -0.919. The quantitative estimate of drug-likeness (QED) is 0.112. The van der Waals surface area contributed by atoms with E-state index < -0.39 is 166 Å². The molecular weight excluding hydrogens is 1280 g/mol. The minimum absolute atomic E-state index is 0. The van der Waals surface area contributed by atoms with Crippen LogP contribution in [0.15, 0.2) is 248 Å². The fourth-order valence-electron chi connectivity index (χ4n) is 11.7. The largest absolute Gasteiger partial charge is 0.510 e. The summed E-state index contributed by atoms with van der Waals surface area (Å²) >= 11 is 0. The van der Waals surface area contributed by atoms with E-state index in [4.69, 9.17) is 17.9 Å². The summed E-state index contributed by atoms with van der Waals surface area (Å²) in [5.41, 5.74) is -0.236. The topological polar surface area (TPSA) is 35.9 Å². The summed E-state index contributed by atoms with van der Waals surface area (Å²) in [5.74, 6) is 1.04. The van der Waals surface area contributed by atoms with Gasteiger partial charge in [0.05, 0.1) is 45.5 Å². The fourth-order valence-corrected chi connectivity index (χ4v) is 11.7. The average Bonchev–Trinajstić information content (AvgIpc) is 1.67. The zero-order valence-electron chi connectivity index (χ0n) is 71.6. The Kier molecular flexibility index (Phi) is 9.64. The first-order valence-electron chi connectivity index (χ1n) is 39.7. The standard InChI is InChI=1S/C84H68N4O.Pt/c1-82(2,3)61-37-35-56(36-38-61)73-48-63(84(7,8)9)49-75-70-32-19-17-30-68(70)67-29-16-18-31-69(67)74-46-60(59-44-57(54-23-12-10-13-24-54)43-58(45-59)55-25-14-11-15-26-55)47-78-81(74)87(80(73)75)53-86(78)64-27-22-28-65(51-64)89-66-39-40-72-71-33-20-21-34-76(71)88(77(72)52-66)79-50-62(41-42-85-79)83(4,5)6;/h10-50H,1-9H3;/q-2;/i10D,11D,12D,13D,14D,15D,16D,17D,18D,19D,23D,24D,25D,26D,29D,30D,31D,32D,43D,44D,45D;. The molecule has 0 unspecified atom stereocenters. The van der Waals surface area contributed by atoms with E-state index in [1.165, 1.54) is 12.1 Å². The molecular formula is C84H68N4OPt-2. The van der Waals surface area contributed by atoms with Crippen LogP contribution in [-0.2, 0) is 37.3 Å². The van der Waals surface area contributed by atoms with Crippen LogP contribution in [0.2, 0.25) is 0 Å². The molecule has 15 rings (SSSR count). The first-order valence-corrected chi connectivity index (χ1v) is 29.2. The van der Waals surface area contributed by atoms with Gasteiger partial charge in [-0.2, -0.15) is 18.2 Å². The second kappa shape index (κ2) is 22.4. The van der Waals surface area contributed by atoms with Crippen molar-refractivity contribution in [2.24, 2.45) is 0 Å². The molecule has 14 aromatic rings. The Morgan fingerprint density at radius 1 is 0.433 bits per heavy atom. The molecule has 1 aliphatic rings. The second-order valence-electron chi connectivity index (χ2n) is 25.3. The molecule has 6 heteroatoms. The van der Waals surface area contributed by atoms with E-state index in [-0.39, 0.29) is 99.2 Å². The summed E-state index contributed by atoms with van der Waals surface area (Å²) in [6.45, 7) is 18.6. The Balaban J connectivity index is 0.0000103. The molecule has 0 amide bonds. The molecule has 90 heavy (non-hydrogen) atoms. The molecule has 0 saturated heterocycles. The maximum Gasteiger partial charge on any atom is 0.268 e. The van der Waals surface area contributed by atoms with Crippen LogP contribution < -0.4 is 9.30 Å². The fraction of sp³-hybridized carbons (Fsp3) is 0.143. The van der Waals surface area contributed by atoms with Crippen LogP contribution >= 0.6 is 0 Å². The van der Waals surface area contributed by atoms with Crippen molar-refractivity contribution in [1.29, 1.82) is 0 Å². The zero-order chi connectivity index (χ0) is 79.2. The van der Waals surface area contributed by atoms with Crippen molar-refractivity contribution in [3.63, 3.8) is 0 Å². The van der Waals surface area contributed by atoms with Crippen molar-refractivity contribution in [3.8, 4) is 107 Å². The molecule has 1 aliphatic heterocycles. The minimum Gasteiger partial charge on any atom is -0.510 e. The molecule has 0 aliphatic carbocycles. The van der Waals surface area contributed by atoms with Crippen LogP contribution in [-0.4, -0.2) is 14.1 Å². The summed E-state index contributed by atoms with van der Waals surface area (Å²) in [7, 11) is 0. The van der Waals surface area contributed by atoms with Crippen molar-refractivity contribution < 1.29 is 59.2 Å². The van der Waals surface area contributed by atoms with E-state index >= 15 is 0 Å². The third-order valence-corrected chi connectivity index (χ3v) is 16.3. The van der Waals surface area contributed by atoms with Gasteiger partial charge in [0, 0.05) is 44.3 Å². The van der Waals surface area contributed by atoms with E-state index in [0.717, 1.165) is 27.4 Å². The number of benzene rings is 11. The van der Waals surface area contributed by atoms with Gasteiger partial charge >= 0.3 is 0 Å². The number of imidazole rings is 1. The summed E-state index contributed by atoms with van der Waals surface area (Å²) in [4.78, 5) is 4.86. The van der Waals surface area contributed by atoms with E-state index in [1.807, 2.05) is 104 Å². The van der Waals surface area contributed by atoms with Gasteiger partial charge in [-0.25, -0.2) is 4.98 Å². The average molecular weight is 1370 g/mol. The molecule has 0 bridgehead atoms. The van der Waals surface area contributed by atoms with Crippen LogP contribution in [0, 0.1) is 18.5 Å². The summed E-state index contributed by atoms with van der Waals surface area (Å²) in [6.07, 6.45) is 5.39. The van der Waals surface area contributed by atoms with Crippen molar-refractivity contribution >= 4 is 32.8 Å². The van der Waals surface area contributed by atoms with Gasteiger partial charge in [-0.3, -0.25) is 4.57 Å². The first kappa shape index (κ1) is 38.7. The van der Waals surface area contributed by atoms with Crippen molar-refractivity contribution in [2.45, 2.75) is 78.6 Å². The van der Waals surface area contributed by atoms with Crippen molar-refractivity contribution in [1.82, 2.24) is 14.1 Å². The Morgan fingerprint density at radius 3 is 1.63 bits per heavy atom. The maximum absolute atomic E-state index is 10.5. The van der Waals surface area contributed by atoms with Gasteiger partial charge in [0.2, 0.25) is 0 Å². The smallest absolute Gasteiger partial charge is 0.268 e. The van der Waals surface area contributed by atoms with Crippen molar-refractivity contribution in [3.05, 3.63) is 283 Å². The third-order valence-electron chi connectivity index (χ3n) is 16.3. The van der Waals surface area contributed by atoms with Crippen LogP contribution in [0.4, 0.5) is 0 Å². The molecule has 0 fully saturated rings. The number of para-hydroxylation sites is 1. The number of hydrogen-bond acceptors (Lipinski definition) is 2. The summed E-state index contributed by atoms with van der Waals surface area (Å²) in [6, 6.07) is 25.2. The van der Waals surface area contributed by atoms with Crippen LogP contribution in [0.3, 0.4) is 0 Å². The molecule has 11 aromatic carbocycles. The van der Waals surface area contributed by atoms with Gasteiger partial charge in [-0.1, -0.05) is 237 Å². The van der Waals surface area contributed by atoms with E-state index in [9.17, 15) is 20.6 Å². The van der Waals surface area contributed by atoms with Crippen LogP contribution in [0.5, 0.6) is 11.5 Å². The van der Waals surface area contributed by atoms with Crippen LogP contribution in [0.25, 0.3) is 128 Å². The molecule has 0 spiro atoms. The molecule has 0 atom stereocenters. The Labute approximate surface area is 572 Å². The second-order valence-corrected chi connectivity index (χ2v) is 25.3. The normalized spacial score (nSPS) is 15.5. The molecule has 4 heterocycles. The van der Waals surface area contributed by atoms with Gasteiger partial charge < -0.3 is 13.9 Å². The van der Waals surface area contributed by atoms with Gasteiger partial charge in [0.1, 0.15) is 5.82 Å². The number of fused-ring (bicyclic) bond motifs is 10. The third kappa shape index (κ3) is 10.4. The predicted octanol–water partition coefficient (Wildman–Crippen LogP) is 21.5. The number of ether oxygens (including phenoxy) is 1. The van der Waals surface area contributed by atoms with Gasteiger partial charge in [0.25, 0.3) is 6.33 Å². The van der Waals surface area contributed by atoms with Crippen LogP contribution in [0.1, 0.15) is 108 Å². The van der Waals surface area contributed by atoms with E-state index in [1.54, 1.807) is 39.6 Å². The summed E-state index contributed by atoms with van der Waals surface area (Å²) in [5, 5.41) is 1.80. The zero-order valence-corrected chi connectivity index (χ0v) is 52.8. The first-order chi connectivity index (χ1) is 51.7. The monoisotopic (exact) mass is 1360 g/mol. The molecule has 3 aromatic heterocycles. The van der Waals surface area contributed by atoms with Gasteiger partial charge in [-0.05, 0) is 164 Å². The Hall–Kier alpha value is -9.67. The molecule has 0 radical (unpaired) electrons. The van der Waals surface area contributed by atoms with Gasteiger partial charge in [-0.15, -0.1) is 29.7 Å². The molecule has 0 saturated carbocycles. The molecule has 442 valence electrons. The number of rotatable bonds is 8. The van der Waals surface area contributed by atoms with Crippen molar-refractivity contribution in [2.75, 3.05) is 0 Å². The summed E-state index contributed by atoms with van der Waals surface area (Å²) < 4.78 is 212. The Bertz CT molecular complexity index is 6250. The number of aromatic nitrogens is 4. The number of hydrogen-bond donors (Lipinski definition) is 0. The predicted molar refractivity (Wildman–Crippen MR) is 368 cm³/mol. The van der Waals surface area contributed by atoms with E-state index in [0.29, 0.717) is 28.0 Å². The van der Waals surface area contributed by atoms with E-state index in [2.05, 4.69) is 60.0 Å². The SMILES string of the molecule is [2H]c1c([2H])c([2H])c(-c2c([2H])c(-c3cc4c5c(c3)n(-c3[c-]c(Oc6[c-]c7c(cc6)c6ccccc6n7-c6cc(C(C)(C)C)ccn6)ccc3)[c-][n+]5-c3c(-c5ccc(C(C)(C)C)cc5)cc(C(C)(C)C)cc3-c3c([2H])c([2H])c([2H])c([2H])c3-c3c([2H])c([2H])c([2H])c([2H])c3-4)c([2H])c(-c3c([2H])c([2H])c([2H])c([2H])c3[2H])c2[2H])c([2H])c1[2H].[Pt]. The number of pyridine rings is 1. The number of nitrogens with zero attached hydrogens (tertiary/aromatic N) is 4. The Morgan fingerprint density at radius 2 is 1.00 bits per heavy atom.